The molecule has 0 saturated carbocycles. The normalized spacial score (nSPS) is 12.6. The molecule has 2 nitrogen and oxygen atoms in total. The van der Waals surface area contributed by atoms with Gasteiger partial charge in [-0.2, -0.15) is 0 Å². The van der Waals surface area contributed by atoms with Gasteiger partial charge < -0.3 is 5.32 Å². The van der Waals surface area contributed by atoms with Crippen molar-refractivity contribution in [3.8, 4) is 0 Å². The highest BCUT2D eigenvalue weighted by molar-refractivity contribution is 9.10. The van der Waals surface area contributed by atoms with Crippen molar-refractivity contribution in [3.63, 3.8) is 0 Å². The van der Waals surface area contributed by atoms with Crippen molar-refractivity contribution in [2.24, 2.45) is 5.92 Å². The summed E-state index contributed by atoms with van der Waals surface area (Å²) in [6.45, 7) is 6.25. The fourth-order valence-electron chi connectivity index (χ4n) is 1.74. The zero-order valence-electron chi connectivity index (χ0n) is 11.0. The lowest BCUT2D eigenvalue weighted by Crippen LogP contribution is -2.39. The van der Waals surface area contributed by atoms with Crippen LogP contribution in [0, 0.1) is 12.8 Å². The first-order valence-corrected chi connectivity index (χ1v) is 8.00. The average Bonchev–Trinajstić information content (AvgIpc) is 2.27. The lowest BCUT2D eigenvalue weighted by atomic mass is 10.0. The van der Waals surface area contributed by atoms with E-state index in [9.17, 15) is 4.79 Å². The number of carbonyl (C=O) groups is 1. The molecule has 0 bridgehead atoms. The number of alkyl halides is 1. The number of carbonyl (C=O) groups excluding carboxylic acids is 1. The number of hydrogen-bond acceptors (Lipinski definition) is 1. The number of hydrogen-bond donors (Lipinski definition) is 1. The smallest absolute Gasteiger partial charge is 0.252 e. The van der Waals surface area contributed by atoms with Gasteiger partial charge in [0.2, 0.25) is 0 Å². The fraction of sp³-hybridized carbons (Fsp3) is 0.500. The van der Waals surface area contributed by atoms with Crippen LogP contribution in [0.1, 0.15) is 36.2 Å². The third kappa shape index (κ3) is 4.39. The Morgan fingerprint density at radius 1 is 1.39 bits per heavy atom. The van der Waals surface area contributed by atoms with Gasteiger partial charge in [-0.15, -0.1) is 0 Å². The molecule has 1 amide bonds. The van der Waals surface area contributed by atoms with Crippen LogP contribution in [0.4, 0.5) is 0 Å². The molecule has 0 aromatic heterocycles. The second kappa shape index (κ2) is 7.29. The van der Waals surface area contributed by atoms with Crippen LogP contribution in [0.2, 0.25) is 0 Å². The number of nitrogens with one attached hydrogen (secondary N) is 1. The van der Waals surface area contributed by atoms with Crippen molar-refractivity contribution in [2.45, 2.75) is 33.2 Å². The van der Waals surface area contributed by atoms with Crippen LogP contribution >= 0.6 is 31.9 Å². The molecule has 1 rings (SSSR count). The molecule has 0 fully saturated rings. The maximum atomic E-state index is 12.2. The highest BCUT2D eigenvalue weighted by atomic mass is 79.9. The molecule has 0 aliphatic heterocycles. The first kappa shape index (κ1) is 15.7. The minimum absolute atomic E-state index is 0.0125. The Balaban J connectivity index is 2.80. The van der Waals surface area contributed by atoms with Gasteiger partial charge >= 0.3 is 0 Å². The Bertz CT molecular complexity index is 418. The summed E-state index contributed by atoms with van der Waals surface area (Å²) >= 11 is 6.87. The molecule has 0 aliphatic carbocycles. The lowest BCUT2D eigenvalue weighted by molar-refractivity contribution is 0.0924. The molecule has 4 heteroatoms. The summed E-state index contributed by atoms with van der Waals surface area (Å²) in [6.07, 6.45) is 0.937. The van der Waals surface area contributed by atoms with Crippen LogP contribution in [0.15, 0.2) is 22.7 Å². The van der Waals surface area contributed by atoms with E-state index < -0.39 is 0 Å². The molecule has 1 aromatic carbocycles. The van der Waals surface area contributed by atoms with Gasteiger partial charge in [-0.05, 0) is 52.9 Å². The Labute approximate surface area is 126 Å². The van der Waals surface area contributed by atoms with Crippen molar-refractivity contribution in [3.05, 3.63) is 33.8 Å². The molecule has 1 unspecified atom stereocenters. The predicted octanol–water partition coefficient (Wildman–Crippen LogP) is 4.30. The summed E-state index contributed by atoms with van der Waals surface area (Å²) < 4.78 is 0.848. The molecule has 0 saturated heterocycles. The first-order valence-electron chi connectivity index (χ1n) is 6.08. The monoisotopic (exact) mass is 375 g/mol. The third-order valence-corrected chi connectivity index (χ3v) is 4.02. The number of benzene rings is 1. The summed E-state index contributed by atoms with van der Waals surface area (Å²) in [4.78, 5) is 12.2. The van der Waals surface area contributed by atoms with Gasteiger partial charge in [0.05, 0.1) is 5.56 Å². The van der Waals surface area contributed by atoms with Gasteiger partial charge in [0.1, 0.15) is 0 Å². The van der Waals surface area contributed by atoms with E-state index in [1.165, 1.54) is 0 Å². The Kier molecular flexibility index (Phi) is 6.36. The van der Waals surface area contributed by atoms with Crippen molar-refractivity contribution in [1.82, 2.24) is 5.32 Å². The Morgan fingerprint density at radius 2 is 2.06 bits per heavy atom. The maximum absolute atomic E-state index is 12.2. The Hall–Kier alpha value is -0.350. The topological polar surface area (TPSA) is 29.1 Å². The summed E-state index contributed by atoms with van der Waals surface area (Å²) in [5.41, 5.74) is 1.83. The van der Waals surface area contributed by atoms with E-state index in [0.717, 1.165) is 21.8 Å². The minimum atomic E-state index is -0.0125. The van der Waals surface area contributed by atoms with Crippen LogP contribution in [0.5, 0.6) is 0 Å². The standard InChI is InChI=1S/C14H19Br2NO/c1-9(2)13(6-7-15)17-14(18)11-5-4-10(3)8-12(11)16/h4-5,8-9,13H,6-7H2,1-3H3,(H,17,18). The van der Waals surface area contributed by atoms with E-state index in [0.29, 0.717) is 11.5 Å². The van der Waals surface area contributed by atoms with Gasteiger partial charge in [0, 0.05) is 15.8 Å². The number of halogens is 2. The van der Waals surface area contributed by atoms with Crippen LogP contribution in [0.3, 0.4) is 0 Å². The molecule has 0 radical (unpaired) electrons. The van der Waals surface area contributed by atoms with Gasteiger partial charge in [0.25, 0.3) is 5.91 Å². The third-order valence-electron chi connectivity index (χ3n) is 2.91. The van der Waals surface area contributed by atoms with Gasteiger partial charge in [-0.25, -0.2) is 0 Å². The van der Waals surface area contributed by atoms with E-state index in [4.69, 9.17) is 0 Å². The molecule has 0 heterocycles. The molecule has 1 aromatic rings. The maximum Gasteiger partial charge on any atom is 0.252 e. The second-order valence-electron chi connectivity index (χ2n) is 4.78. The largest absolute Gasteiger partial charge is 0.349 e. The average molecular weight is 377 g/mol. The zero-order chi connectivity index (χ0) is 13.7. The van der Waals surface area contributed by atoms with Crippen LogP contribution in [-0.2, 0) is 0 Å². The zero-order valence-corrected chi connectivity index (χ0v) is 14.1. The molecular formula is C14H19Br2NO. The van der Waals surface area contributed by atoms with E-state index in [-0.39, 0.29) is 11.9 Å². The number of amides is 1. The molecule has 100 valence electrons. The van der Waals surface area contributed by atoms with Crippen molar-refractivity contribution in [2.75, 3.05) is 5.33 Å². The summed E-state index contributed by atoms with van der Waals surface area (Å²) in [5, 5.41) is 3.99. The molecule has 0 spiro atoms. The van der Waals surface area contributed by atoms with E-state index >= 15 is 0 Å². The Morgan fingerprint density at radius 3 is 2.56 bits per heavy atom. The second-order valence-corrected chi connectivity index (χ2v) is 6.43. The SMILES string of the molecule is Cc1ccc(C(=O)NC(CCBr)C(C)C)c(Br)c1. The highest BCUT2D eigenvalue weighted by Crippen LogP contribution is 2.19. The predicted molar refractivity (Wildman–Crippen MR) is 83.4 cm³/mol. The van der Waals surface area contributed by atoms with E-state index in [2.05, 4.69) is 51.0 Å². The highest BCUT2D eigenvalue weighted by Gasteiger charge is 2.17. The molecule has 18 heavy (non-hydrogen) atoms. The van der Waals surface area contributed by atoms with Crippen LogP contribution < -0.4 is 5.32 Å². The van der Waals surface area contributed by atoms with Crippen LogP contribution in [0.25, 0.3) is 0 Å². The van der Waals surface area contributed by atoms with Crippen molar-refractivity contribution >= 4 is 37.8 Å². The summed E-state index contributed by atoms with van der Waals surface area (Å²) in [7, 11) is 0. The summed E-state index contributed by atoms with van der Waals surface area (Å²) in [6, 6.07) is 5.98. The minimum Gasteiger partial charge on any atom is -0.349 e. The van der Waals surface area contributed by atoms with E-state index in [1.807, 2.05) is 25.1 Å². The first-order chi connectivity index (χ1) is 8.45. The summed E-state index contributed by atoms with van der Waals surface area (Å²) in [5.74, 6) is 0.414. The fourth-order valence-corrected chi connectivity index (χ4v) is 2.91. The van der Waals surface area contributed by atoms with E-state index in [1.54, 1.807) is 0 Å². The van der Waals surface area contributed by atoms with Crippen molar-refractivity contribution < 1.29 is 4.79 Å². The quantitative estimate of drug-likeness (QED) is 0.762. The van der Waals surface area contributed by atoms with Gasteiger partial charge in [0.15, 0.2) is 0 Å². The molecule has 1 atom stereocenters. The van der Waals surface area contributed by atoms with Crippen LogP contribution in [-0.4, -0.2) is 17.3 Å². The van der Waals surface area contributed by atoms with Crippen molar-refractivity contribution in [1.29, 1.82) is 0 Å². The van der Waals surface area contributed by atoms with Gasteiger partial charge in [-0.3, -0.25) is 4.79 Å². The number of aryl methyl sites for hydroxylation is 1. The lowest BCUT2D eigenvalue weighted by Gasteiger charge is -2.22. The van der Waals surface area contributed by atoms with Gasteiger partial charge in [-0.1, -0.05) is 35.8 Å². The molecule has 0 aliphatic rings. The molecular weight excluding hydrogens is 358 g/mol. The molecule has 1 N–H and O–H groups in total. The number of rotatable bonds is 5.